The van der Waals surface area contributed by atoms with E-state index in [0.717, 1.165) is 12.0 Å². The quantitative estimate of drug-likeness (QED) is 0.759. The van der Waals surface area contributed by atoms with Crippen LogP contribution in [-0.2, 0) is 9.59 Å². The summed E-state index contributed by atoms with van der Waals surface area (Å²) in [4.78, 5) is 23.4. The van der Waals surface area contributed by atoms with Crippen LogP contribution in [0.1, 0.15) is 37.6 Å². The fourth-order valence-electron chi connectivity index (χ4n) is 1.61. The molecule has 1 rings (SSSR count). The van der Waals surface area contributed by atoms with Crippen molar-refractivity contribution in [2.24, 2.45) is 0 Å². The fraction of sp³-hybridized carbons (Fsp3) is 0.467. The first-order chi connectivity index (χ1) is 9.54. The molecule has 0 saturated carbocycles. The summed E-state index contributed by atoms with van der Waals surface area (Å²) in [7, 11) is 0. The lowest BCUT2D eigenvalue weighted by molar-refractivity contribution is -0.122. The molecule has 110 valence electrons. The molecule has 0 aromatic heterocycles. The highest BCUT2D eigenvalue weighted by Gasteiger charge is 2.17. The van der Waals surface area contributed by atoms with Crippen LogP contribution in [0.3, 0.4) is 0 Å². The van der Waals surface area contributed by atoms with Crippen LogP contribution in [0.5, 0.6) is 0 Å². The summed E-state index contributed by atoms with van der Waals surface area (Å²) in [5.74, 6) is -0.348. The zero-order chi connectivity index (χ0) is 15.0. The molecule has 0 heterocycles. The van der Waals surface area contributed by atoms with E-state index in [4.69, 9.17) is 11.6 Å². The summed E-state index contributed by atoms with van der Waals surface area (Å²) in [6.45, 7) is 4.24. The second-order valence-electron chi connectivity index (χ2n) is 4.69. The summed E-state index contributed by atoms with van der Waals surface area (Å²) in [5, 5.41) is 4.78. The molecule has 0 bridgehead atoms. The van der Waals surface area contributed by atoms with Crippen molar-refractivity contribution in [3.63, 3.8) is 0 Å². The van der Waals surface area contributed by atoms with Crippen molar-refractivity contribution in [3.8, 4) is 0 Å². The van der Waals surface area contributed by atoms with Gasteiger partial charge in [-0.15, -0.1) is 11.6 Å². The maximum absolute atomic E-state index is 11.8. The van der Waals surface area contributed by atoms with Gasteiger partial charge in [-0.25, -0.2) is 0 Å². The van der Waals surface area contributed by atoms with Crippen molar-refractivity contribution in [1.29, 1.82) is 0 Å². The first-order valence-corrected chi connectivity index (χ1v) is 7.24. The average Bonchev–Trinajstić information content (AvgIpc) is 2.47. The first kappa shape index (κ1) is 16.5. The van der Waals surface area contributed by atoms with Gasteiger partial charge < -0.3 is 10.6 Å². The summed E-state index contributed by atoms with van der Waals surface area (Å²) >= 11 is 6.07. The minimum atomic E-state index is -0.728. The number of benzene rings is 1. The van der Waals surface area contributed by atoms with Gasteiger partial charge in [-0.2, -0.15) is 0 Å². The Hall–Kier alpha value is -1.55. The highest BCUT2D eigenvalue weighted by molar-refractivity contribution is 6.30. The molecule has 5 heteroatoms. The monoisotopic (exact) mass is 296 g/mol. The Morgan fingerprint density at radius 1 is 1.25 bits per heavy atom. The number of halogens is 1. The van der Waals surface area contributed by atoms with Crippen LogP contribution >= 0.6 is 11.6 Å². The minimum absolute atomic E-state index is 0.0644. The second kappa shape index (κ2) is 8.59. The van der Waals surface area contributed by atoms with E-state index >= 15 is 0 Å². The zero-order valence-electron chi connectivity index (χ0n) is 11.9. The molecule has 2 N–H and O–H groups in total. The summed E-state index contributed by atoms with van der Waals surface area (Å²) in [6, 6.07) is 9.28. The number of hydrogen-bond acceptors (Lipinski definition) is 2. The van der Waals surface area contributed by atoms with Gasteiger partial charge in [0.1, 0.15) is 5.38 Å². The molecule has 0 spiro atoms. The molecule has 2 amide bonds. The molecule has 0 saturated heterocycles. The van der Waals surface area contributed by atoms with Crippen LogP contribution in [0.25, 0.3) is 0 Å². The second-order valence-corrected chi connectivity index (χ2v) is 5.13. The van der Waals surface area contributed by atoms with Crippen LogP contribution in [0, 0.1) is 0 Å². The van der Waals surface area contributed by atoms with Crippen molar-refractivity contribution >= 4 is 23.4 Å². The lowest BCUT2D eigenvalue weighted by Gasteiger charge is -2.13. The van der Waals surface area contributed by atoms with Crippen molar-refractivity contribution in [3.05, 3.63) is 35.9 Å². The zero-order valence-corrected chi connectivity index (χ0v) is 12.6. The molecule has 20 heavy (non-hydrogen) atoms. The Labute approximate surface area is 124 Å². The third-order valence-corrected chi connectivity index (χ3v) is 3.44. The largest absolute Gasteiger partial charge is 0.354 e. The van der Waals surface area contributed by atoms with E-state index in [-0.39, 0.29) is 30.8 Å². The Morgan fingerprint density at radius 2 is 1.90 bits per heavy atom. The van der Waals surface area contributed by atoms with Gasteiger partial charge in [-0.05, 0) is 18.9 Å². The Kier molecular flexibility index (Phi) is 7.09. The molecule has 1 aromatic carbocycles. The van der Waals surface area contributed by atoms with Gasteiger partial charge >= 0.3 is 0 Å². The molecule has 0 aliphatic carbocycles. The molecule has 2 atom stereocenters. The van der Waals surface area contributed by atoms with Gasteiger partial charge in [0, 0.05) is 19.0 Å². The van der Waals surface area contributed by atoms with Gasteiger partial charge in [0.05, 0.1) is 0 Å². The van der Waals surface area contributed by atoms with E-state index in [2.05, 4.69) is 10.6 Å². The normalized spacial score (nSPS) is 13.3. The molecular weight excluding hydrogens is 276 g/mol. The van der Waals surface area contributed by atoms with Gasteiger partial charge in [0.25, 0.3) is 0 Å². The maximum Gasteiger partial charge on any atom is 0.242 e. The third kappa shape index (κ3) is 5.61. The van der Waals surface area contributed by atoms with Crippen LogP contribution in [-0.4, -0.2) is 24.4 Å². The van der Waals surface area contributed by atoms with Gasteiger partial charge in [-0.3, -0.25) is 9.59 Å². The van der Waals surface area contributed by atoms with Gasteiger partial charge in [-0.1, -0.05) is 37.3 Å². The van der Waals surface area contributed by atoms with Crippen molar-refractivity contribution in [1.82, 2.24) is 10.6 Å². The van der Waals surface area contributed by atoms with Gasteiger partial charge in [0.2, 0.25) is 11.8 Å². The van der Waals surface area contributed by atoms with Crippen LogP contribution in [0.2, 0.25) is 0 Å². The molecule has 0 radical (unpaired) electrons. The molecule has 0 aliphatic heterocycles. The topological polar surface area (TPSA) is 58.2 Å². The third-order valence-electron chi connectivity index (χ3n) is 2.99. The SMILES string of the molecule is CCC(C)NC(=O)CCNC(=O)C(Cl)c1ccccc1. The predicted octanol–water partition coefficient (Wildman–Crippen LogP) is 2.39. The van der Waals surface area contributed by atoms with E-state index in [1.54, 1.807) is 12.1 Å². The van der Waals surface area contributed by atoms with E-state index < -0.39 is 5.38 Å². The molecule has 4 nitrogen and oxygen atoms in total. The standard InChI is InChI=1S/C15H21ClN2O2/c1-3-11(2)18-13(19)9-10-17-15(20)14(16)12-7-5-4-6-8-12/h4-8,11,14H,3,9-10H2,1-2H3,(H,17,20)(H,18,19). The molecule has 0 fully saturated rings. The number of carbonyl (C=O) groups is 2. The smallest absolute Gasteiger partial charge is 0.242 e. The lowest BCUT2D eigenvalue weighted by atomic mass is 10.1. The predicted molar refractivity (Wildman–Crippen MR) is 80.6 cm³/mol. The van der Waals surface area contributed by atoms with Crippen molar-refractivity contribution < 1.29 is 9.59 Å². The van der Waals surface area contributed by atoms with Crippen molar-refractivity contribution in [2.45, 2.75) is 38.1 Å². The Bertz CT molecular complexity index is 437. The number of alkyl halides is 1. The number of amides is 2. The van der Waals surface area contributed by atoms with E-state index in [1.165, 1.54) is 0 Å². The number of hydrogen-bond donors (Lipinski definition) is 2. The Balaban J connectivity index is 2.31. The molecule has 0 aliphatic rings. The Morgan fingerprint density at radius 3 is 2.50 bits per heavy atom. The number of rotatable bonds is 7. The minimum Gasteiger partial charge on any atom is -0.354 e. The van der Waals surface area contributed by atoms with E-state index in [1.807, 2.05) is 32.0 Å². The van der Waals surface area contributed by atoms with Gasteiger partial charge in [0.15, 0.2) is 0 Å². The summed E-state index contributed by atoms with van der Waals surface area (Å²) in [6.07, 6.45) is 1.14. The number of carbonyl (C=O) groups excluding carboxylic acids is 2. The maximum atomic E-state index is 11.8. The van der Waals surface area contributed by atoms with E-state index in [9.17, 15) is 9.59 Å². The number of nitrogens with one attached hydrogen (secondary N) is 2. The fourth-order valence-corrected chi connectivity index (χ4v) is 1.83. The van der Waals surface area contributed by atoms with Crippen LogP contribution in [0.4, 0.5) is 0 Å². The average molecular weight is 297 g/mol. The molecular formula is C15H21ClN2O2. The molecule has 2 unspecified atom stereocenters. The highest BCUT2D eigenvalue weighted by atomic mass is 35.5. The molecule has 1 aromatic rings. The summed E-state index contributed by atoms with van der Waals surface area (Å²) in [5.41, 5.74) is 0.746. The lowest BCUT2D eigenvalue weighted by Crippen LogP contribution is -2.35. The van der Waals surface area contributed by atoms with Crippen LogP contribution < -0.4 is 10.6 Å². The van der Waals surface area contributed by atoms with Crippen LogP contribution in [0.15, 0.2) is 30.3 Å². The van der Waals surface area contributed by atoms with Crippen molar-refractivity contribution in [2.75, 3.05) is 6.54 Å². The first-order valence-electron chi connectivity index (χ1n) is 6.80. The summed E-state index contributed by atoms with van der Waals surface area (Å²) < 4.78 is 0. The highest BCUT2D eigenvalue weighted by Crippen LogP contribution is 2.19. The van der Waals surface area contributed by atoms with E-state index in [0.29, 0.717) is 0 Å².